The van der Waals surface area contributed by atoms with E-state index in [0.717, 1.165) is 5.56 Å². The van der Waals surface area contributed by atoms with E-state index in [2.05, 4.69) is 43.9 Å². The van der Waals surface area contributed by atoms with Crippen molar-refractivity contribution in [3.63, 3.8) is 0 Å². The summed E-state index contributed by atoms with van der Waals surface area (Å²) in [7, 11) is -1.24. The molecular weight excluding hydrogens is 250 g/mol. The summed E-state index contributed by atoms with van der Waals surface area (Å²) in [5.74, 6) is 0. The van der Waals surface area contributed by atoms with E-state index >= 15 is 0 Å². The molecule has 0 saturated carbocycles. The summed E-state index contributed by atoms with van der Waals surface area (Å²) < 4.78 is 1.75. The summed E-state index contributed by atoms with van der Waals surface area (Å²) in [6.45, 7) is 9.60. The highest BCUT2D eigenvalue weighted by Crippen LogP contribution is 2.05. The number of aryl methyl sites for hydroxylation is 1. The molecule has 0 aliphatic rings. The van der Waals surface area contributed by atoms with E-state index in [9.17, 15) is 4.79 Å². The molecule has 0 amide bonds. The van der Waals surface area contributed by atoms with E-state index in [4.69, 9.17) is 0 Å². The molecule has 0 saturated heterocycles. The van der Waals surface area contributed by atoms with Crippen molar-refractivity contribution < 1.29 is 0 Å². The van der Waals surface area contributed by atoms with Crippen LogP contribution in [-0.4, -0.2) is 12.6 Å². The Morgan fingerprint density at radius 2 is 1.68 bits per heavy atom. The van der Waals surface area contributed by atoms with Gasteiger partial charge in [0.15, 0.2) is 0 Å². The first kappa shape index (κ1) is 13.8. The van der Waals surface area contributed by atoms with Gasteiger partial charge in [0.05, 0.1) is 14.6 Å². The molecule has 1 aromatic carbocycles. The standard InChI is InChI=1S/C16H21NOSi/c1-13-9-10-17(16(18)11-13)12-14-5-7-15(8-6-14)19(2,3)4/h5-11H,12H2,1-4H3. The van der Waals surface area contributed by atoms with Gasteiger partial charge in [-0.05, 0) is 24.1 Å². The molecular formula is C16H21NOSi. The van der Waals surface area contributed by atoms with Crippen LogP contribution in [0.5, 0.6) is 0 Å². The van der Waals surface area contributed by atoms with Crippen molar-refractivity contribution in [3.8, 4) is 0 Å². The molecule has 100 valence electrons. The second kappa shape index (κ2) is 5.17. The van der Waals surface area contributed by atoms with E-state index in [1.165, 1.54) is 10.8 Å². The second-order valence-electron chi connectivity index (χ2n) is 6.12. The second-order valence-corrected chi connectivity index (χ2v) is 11.2. The topological polar surface area (TPSA) is 22.0 Å². The summed E-state index contributed by atoms with van der Waals surface area (Å²) >= 11 is 0. The van der Waals surface area contributed by atoms with Crippen LogP contribution in [-0.2, 0) is 6.54 Å². The van der Waals surface area contributed by atoms with Crippen molar-refractivity contribution in [2.45, 2.75) is 33.1 Å². The highest BCUT2D eigenvalue weighted by atomic mass is 28.3. The molecule has 1 aromatic heterocycles. The van der Waals surface area contributed by atoms with Crippen LogP contribution in [0.3, 0.4) is 0 Å². The molecule has 3 heteroatoms. The lowest BCUT2D eigenvalue weighted by Gasteiger charge is -2.17. The van der Waals surface area contributed by atoms with Gasteiger partial charge in [-0.25, -0.2) is 0 Å². The summed E-state index contributed by atoms with van der Waals surface area (Å²) in [5, 5.41) is 1.45. The van der Waals surface area contributed by atoms with Gasteiger partial charge in [0.1, 0.15) is 0 Å². The Balaban J connectivity index is 2.22. The Labute approximate surface area is 115 Å². The molecule has 0 unspecified atom stereocenters. The normalized spacial score (nSPS) is 11.6. The average Bonchev–Trinajstić information content (AvgIpc) is 2.32. The highest BCUT2D eigenvalue weighted by molar-refractivity contribution is 6.88. The number of aromatic nitrogens is 1. The third-order valence-corrected chi connectivity index (χ3v) is 5.39. The lowest BCUT2D eigenvalue weighted by Crippen LogP contribution is -2.37. The fourth-order valence-electron chi connectivity index (χ4n) is 2.04. The van der Waals surface area contributed by atoms with E-state index in [0.29, 0.717) is 6.54 Å². The zero-order valence-corrected chi connectivity index (χ0v) is 13.1. The molecule has 0 N–H and O–H groups in total. The first-order valence-electron chi connectivity index (χ1n) is 6.63. The van der Waals surface area contributed by atoms with Gasteiger partial charge >= 0.3 is 0 Å². The molecule has 0 fully saturated rings. The molecule has 0 aliphatic heterocycles. The maximum Gasteiger partial charge on any atom is 0.251 e. The van der Waals surface area contributed by atoms with Gasteiger partial charge in [0.2, 0.25) is 0 Å². The summed E-state index contributed by atoms with van der Waals surface area (Å²) in [5.41, 5.74) is 2.25. The van der Waals surface area contributed by atoms with Crippen molar-refractivity contribution in [3.05, 3.63) is 64.1 Å². The van der Waals surface area contributed by atoms with Crippen LogP contribution in [0, 0.1) is 6.92 Å². The molecule has 2 nitrogen and oxygen atoms in total. The van der Waals surface area contributed by atoms with E-state index < -0.39 is 8.07 Å². The first-order valence-corrected chi connectivity index (χ1v) is 10.1. The van der Waals surface area contributed by atoms with E-state index in [1.54, 1.807) is 10.6 Å². The minimum atomic E-state index is -1.24. The maximum atomic E-state index is 11.8. The molecule has 0 atom stereocenters. The van der Waals surface area contributed by atoms with E-state index in [-0.39, 0.29) is 5.56 Å². The zero-order chi connectivity index (χ0) is 14.0. The van der Waals surface area contributed by atoms with Crippen LogP contribution >= 0.6 is 0 Å². The molecule has 2 rings (SSSR count). The minimum Gasteiger partial charge on any atom is -0.311 e. The Morgan fingerprint density at radius 3 is 2.21 bits per heavy atom. The molecule has 0 aliphatic carbocycles. The van der Waals surface area contributed by atoms with Gasteiger partial charge in [0, 0.05) is 12.3 Å². The molecule has 1 heterocycles. The number of pyridine rings is 1. The largest absolute Gasteiger partial charge is 0.311 e. The molecule has 2 aromatic rings. The number of hydrogen-bond donors (Lipinski definition) is 0. The van der Waals surface area contributed by atoms with Crippen molar-refractivity contribution >= 4 is 13.3 Å². The number of nitrogens with zero attached hydrogens (tertiary/aromatic N) is 1. The average molecular weight is 271 g/mol. The summed E-state index contributed by atoms with van der Waals surface area (Å²) in [6.07, 6.45) is 1.87. The highest BCUT2D eigenvalue weighted by Gasteiger charge is 2.15. The monoisotopic (exact) mass is 271 g/mol. The van der Waals surface area contributed by atoms with Gasteiger partial charge in [0.25, 0.3) is 5.56 Å². The van der Waals surface area contributed by atoms with Crippen molar-refractivity contribution in [2.75, 3.05) is 0 Å². The zero-order valence-electron chi connectivity index (χ0n) is 12.1. The van der Waals surface area contributed by atoms with Gasteiger partial charge in [-0.1, -0.05) is 49.1 Å². The van der Waals surface area contributed by atoms with Crippen molar-refractivity contribution in [1.29, 1.82) is 0 Å². The smallest absolute Gasteiger partial charge is 0.251 e. The molecule has 0 spiro atoms. The minimum absolute atomic E-state index is 0.0641. The molecule has 19 heavy (non-hydrogen) atoms. The Kier molecular flexibility index (Phi) is 3.76. The van der Waals surface area contributed by atoms with Gasteiger partial charge in [-0.2, -0.15) is 0 Å². The van der Waals surface area contributed by atoms with Crippen LogP contribution in [0.25, 0.3) is 0 Å². The maximum absolute atomic E-state index is 11.8. The third kappa shape index (κ3) is 3.44. The Morgan fingerprint density at radius 1 is 1.05 bits per heavy atom. The van der Waals surface area contributed by atoms with Crippen LogP contribution in [0.15, 0.2) is 47.4 Å². The van der Waals surface area contributed by atoms with Crippen molar-refractivity contribution in [1.82, 2.24) is 4.57 Å². The lowest BCUT2D eigenvalue weighted by molar-refractivity contribution is 0.757. The summed E-state index contributed by atoms with van der Waals surface area (Å²) in [6, 6.07) is 12.3. The number of rotatable bonds is 3. The van der Waals surface area contributed by atoms with Crippen LogP contribution in [0.1, 0.15) is 11.1 Å². The summed E-state index contributed by atoms with van der Waals surface area (Å²) in [4.78, 5) is 11.8. The number of benzene rings is 1. The van der Waals surface area contributed by atoms with Gasteiger partial charge in [-0.15, -0.1) is 0 Å². The van der Waals surface area contributed by atoms with Crippen LogP contribution < -0.4 is 10.7 Å². The molecule has 0 radical (unpaired) electrons. The number of hydrogen-bond acceptors (Lipinski definition) is 1. The fourth-order valence-corrected chi connectivity index (χ4v) is 3.21. The van der Waals surface area contributed by atoms with Crippen molar-refractivity contribution in [2.24, 2.45) is 0 Å². The fraction of sp³-hybridized carbons (Fsp3) is 0.312. The van der Waals surface area contributed by atoms with Crippen LogP contribution in [0.4, 0.5) is 0 Å². The molecule has 0 bridgehead atoms. The SMILES string of the molecule is Cc1ccn(Cc2ccc([Si](C)(C)C)cc2)c(=O)c1. The predicted molar refractivity (Wildman–Crippen MR) is 84.0 cm³/mol. The first-order chi connectivity index (χ1) is 8.86. The van der Waals surface area contributed by atoms with Gasteiger partial charge < -0.3 is 4.57 Å². The Hall–Kier alpha value is -1.61. The van der Waals surface area contributed by atoms with Gasteiger partial charge in [-0.3, -0.25) is 4.79 Å². The van der Waals surface area contributed by atoms with Crippen LogP contribution in [0.2, 0.25) is 19.6 Å². The quantitative estimate of drug-likeness (QED) is 0.787. The lowest BCUT2D eigenvalue weighted by atomic mass is 10.2. The predicted octanol–water partition coefficient (Wildman–Crippen LogP) is 2.75. The van der Waals surface area contributed by atoms with E-state index in [1.807, 2.05) is 19.2 Å². The Bertz CT molecular complexity index is 620. The third-order valence-electron chi connectivity index (χ3n) is 3.32.